The summed E-state index contributed by atoms with van der Waals surface area (Å²) in [4.78, 5) is 66.5. The fraction of sp³-hybridized carbons (Fsp3) is 0.341. The molecule has 0 aromatic heterocycles. The zero-order valence-electron chi connectivity index (χ0n) is 30.8. The number of ketones is 1. The van der Waals surface area contributed by atoms with E-state index < -0.39 is 61.2 Å². The maximum absolute atomic E-state index is 13.7. The molecule has 1 aliphatic rings. The Kier molecular flexibility index (Phi) is 15.7. The first-order valence-corrected chi connectivity index (χ1v) is 18.6. The van der Waals surface area contributed by atoms with Gasteiger partial charge in [0.15, 0.2) is 24.6 Å². The highest BCUT2D eigenvalue weighted by molar-refractivity contribution is 5.91. The van der Waals surface area contributed by atoms with Crippen LogP contribution in [0.5, 0.6) is 0 Å². The summed E-state index contributed by atoms with van der Waals surface area (Å²) >= 11 is 0. The second-order valence-electron chi connectivity index (χ2n) is 13.0. The summed E-state index contributed by atoms with van der Waals surface area (Å²) < 4.78 is 36.4. The lowest BCUT2D eigenvalue weighted by atomic mass is 9.97. The molecular weight excluding hydrogens is 704 g/mol. The topological polar surface area (TPSA) is 141 Å². The van der Waals surface area contributed by atoms with Crippen LogP contribution in [0.4, 0.5) is 0 Å². The number of hydrogen-bond donors (Lipinski definition) is 0. The minimum atomic E-state index is -1.51. The molecule has 55 heavy (non-hydrogen) atoms. The van der Waals surface area contributed by atoms with Crippen molar-refractivity contribution >= 4 is 29.7 Å². The van der Waals surface area contributed by atoms with Crippen LogP contribution in [0.2, 0.25) is 0 Å². The highest BCUT2D eigenvalue weighted by Gasteiger charge is 2.53. The first kappa shape index (κ1) is 40.5. The Morgan fingerprint density at radius 3 is 1.40 bits per heavy atom. The molecule has 4 aromatic rings. The Morgan fingerprint density at radius 2 is 0.927 bits per heavy atom. The molecule has 5 atom stereocenters. The van der Waals surface area contributed by atoms with E-state index in [-0.39, 0.29) is 34.6 Å². The van der Waals surface area contributed by atoms with Gasteiger partial charge in [-0.05, 0) is 67.8 Å². The predicted molar refractivity (Wildman–Crippen MR) is 201 cm³/mol. The fourth-order valence-corrected chi connectivity index (χ4v) is 5.98. The second kappa shape index (κ2) is 21.3. The SMILES string of the molecule is CCCCCC(=O)CCCCO[C@@H]1OC(COC(=O)c2ccccc2)[C@H](OC(=O)c2ccccc2)C(OC(=O)c2ccccc2)C1OC(=O)c1ccccc1. The standard InChI is InChI=1S/C44H46O11/c1-2-3-8-27-35(45)28-17-18-29-50-44-39(55-43(49)34-25-15-7-16-26-34)38(54-42(48)33-23-13-6-14-24-33)37(53-41(47)32-21-11-5-12-22-32)36(52-44)30-51-40(46)31-19-9-4-10-20-31/h4-7,9-16,19-26,36-39,44H,2-3,8,17-18,27-30H2,1H3/t36?,37-,38?,39?,44+/m0/s1. The minimum Gasteiger partial charge on any atom is -0.459 e. The lowest BCUT2D eigenvalue weighted by Gasteiger charge is -2.44. The van der Waals surface area contributed by atoms with E-state index in [1.54, 1.807) is 121 Å². The maximum atomic E-state index is 13.7. The molecule has 11 heteroatoms. The predicted octanol–water partition coefficient (Wildman–Crippen LogP) is 7.58. The Labute approximate surface area is 320 Å². The molecule has 1 heterocycles. The quantitative estimate of drug-likeness (QED) is 0.0532. The van der Waals surface area contributed by atoms with Crippen LogP contribution in [0.15, 0.2) is 121 Å². The van der Waals surface area contributed by atoms with Gasteiger partial charge in [-0.1, -0.05) is 92.6 Å². The number of esters is 4. The highest BCUT2D eigenvalue weighted by atomic mass is 16.7. The van der Waals surface area contributed by atoms with Crippen molar-refractivity contribution < 1.29 is 52.4 Å². The summed E-state index contributed by atoms with van der Waals surface area (Å²) in [6.07, 6.45) is -2.27. The van der Waals surface area contributed by atoms with Crippen molar-refractivity contribution in [2.24, 2.45) is 0 Å². The van der Waals surface area contributed by atoms with Gasteiger partial charge < -0.3 is 28.4 Å². The van der Waals surface area contributed by atoms with Crippen LogP contribution in [0.1, 0.15) is 93.3 Å². The van der Waals surface area contributed by atoms with Crippen molar-refractivity contribution in [1.29, 1.82) is 0 Å². The zero-order valence-corrected chi connectivity index (χ0v) is 30.8. The number of rotatable bonds is 19. The van der Waals surface area contributed by atoms with E-state index in [0.717, 1.165) is 19.3 Å². The van der Waals surface area contributed by atoms with Crippen LogP contribution in [0.25, 0.3) is 0 Å². The maximum Gasteiger partial charge on any atom is 0.338 e. The summed E-state index contributed by atoms with van der Waals surface area (Å²) in [5.41, 5.74) is 0.849. The monoisotopic (exact) mass is 750 g/mol. The summed E-state index contributed by atoms with van der Waals surface area (Å²) in [5, 5.41) is 0. The van der Waals surface area contributed by atoms with Crippen molar-refractivity contribution in [1.82, 2.24) is 0 Å². The first-order valence-electron chi connectivity index (χ1n) is 18.6. The largest absolute Gasteiger partial charge is 0.459 e. The number of hydrogen-bond acceptors (Lipinski definition) is 11. The van der Waals surface area contributed by atoms with Gasteiger partial charge in [-0.3, -0.25) is 4.79 Å². The molecule has 11 nitrogen and oxygen atoms in total. The molecule has 0 spiro atoms. The summed E-state index contributed by atoms with van der Waals surface area (Å²) in [5.74, 6) is -2.86. The molecule has 0 N–H and O–H groups in total. The van der Waals surface area contributed by atoms with E-state index in [2.05, 4.69) is 6.92 Å². The minimum absolute atomic E-state index is 0.0800. The number of benzene rings is 4. The third kappa shape index (κ3) is 12.2. The van der Waals surface area contributed by atoms with E-state index in [1.165, 1.54) is 0 Å². The normalized spacial score (nSPS) is 19.1. The van der Waals surface area contributed by atoms with Crippen LogP contribution in [0.3, 0.4) is 0 Å². The molecule has 0 radical (unpaired) electrons. The average Bonchev–Trinajstić information content (AvgIpc) is 3.23. The Hall–Kier alpha value is -5.65. The van der Waals surface area contributed by atoms with Crippen molar-refractivity contribution in [2.45, 2.75) is 82.6 Å². The van der Waals surface area contributed by atoms with Gasteiger partial charge in [0.05, 0.1) is 22.3 Å². The zero-order chi connectivity index (χ0) is 38.8. The van der Waals surface area contributed by atoms with Crippen LogP contribution < -0.4 is 0 Å². The number of carbonyl (C=O) groups is 5. The Morgan fingerprint density at radius 1 is 0.509 bits per heavy atom. The molecule has 3 unspecified atom stereocenters. The highest BCUT2D eigenvalue weighted by Crippen LogP contribution is 2.32. The lowest BCUT2D eigenvalue weighted by Crippen LogP contribution is -2.63. The molecule has 0 bridgehead atoms. The van der Waals surface area contributed by atoms with Gasteiger partial charge in [0, 0.05) is 19.4 Å². The summed E-state index contributed by atoms with van der Waals surface area (Å²) in [6.45, 7) is 1.71. The number of ether oxygens (including phenoxy) is 6. The van der Waals surface area contributed by atoms with Crippen molar-refractivity contribution in [3.63, 3.8) is 0 Å². The summed E-state index contributed by atoms with van der Waals surface area (Å²) in [6, 6.07) is 32.8. The Balaban J connectivity index is 1.47. The number of carbonyl (C=O) groups excluding carboxylic acids is 5. The average molecular weight is 751 g/mol. The number of Topliss-reactive ketones (excluding diaryl/α,β-unsaturated/α-hetero) is 1. The van der Waals surface area contributed by atoms with Gasteiger partial charge in [-0.15, -0.1) is 0 Å². The molecule has 0 aliphatic carbocycles. The van der Waals surface area contributed by atoms with Crippen LogP contribution in [-0.2, 0) is 33.2 Å². The van der Waals surface area contributed by atoms with Gasteiger partial charge in [0.25, 0.3) is 0 Å². The van der Waals surface area contributed by atoms with Crippen LogP contribution in [0, 0.1) is 0 Å². The molecule has 1 aliphatic heterocycles. The first-order chi connectivity index (χ1) is 26.8. The second-order valence-corrected chi connectivity index (χ2v) is 13.0. The molecule has 288 valence electrons. The smallest absolute Gasteiger partial charge is 0.338 e. The molecule has 1 saturated heterocycles. The van der Waals surface area contributed by atoms with Gasteiger partial charge in [0.1, 0.15) is 18.5 Å². The molecule has 1 fully saturated rings. The van der Waals surface area contributed by atoms with E-state index in [4.69, 9.17) is 28.4 Å². The van der Waals surface area contributed by atoms with E-state index in [1.807, 2.05) is 0 Å². The van der Waals surface area contributed by atoms with Gasteiger partial charge in [-0.25, -0.2) is 19.2 Å². The molecule has 4 aromatic carbocycles. The van der Waals surface area contributed by atoms with E-state index >= 15 is 0 Å². The van der Waals surface area contributed by atoms with E-state index in [9.17, 15) is 24.0 Å². The van der Waals surface area contributed by atoms with Crippen molar-refractivity contribution in [3.05, 3.63) is 144 Å². The van der Waals surface area contributed by atoms with E-state index in [0.29, 0.717) is 25.7 Å². The molecular formula is C44H46O11. The fourth-order valence-electron chi connectivity index (χ4n) is 5.98. The van der Waals surface area contributed by atoms with Crippen molar-refractivity contribution in [3.8, 4) is 0 Å². The van der Waals surface area contributed by atoms with Crippen LogP contribution >= 0.6 is 0 Å². The third-order valence-corrected chi connectivity index (χ3v) is 8.93. The van der Waals surface area contributed by atoms with Gasteiger partial charge in [0.2, 0.25) is 0 Å². The molecule has 0 saturated carbocycles. The van der Waals surface area contributed by atoms with Gasteiger partial charge >= 0.3 is 23.9 Å². The van der Waals surface area contributed by atoms with Gasteiger partial charge in [-0.2, -0.15) is 0 Å². The van der Waals surface area contributed by atoms with Crippen molar-refractivity contribution in [2.75, 3.05) is 13.2 Å². The molecule has 0 amide bonds. The number of unbranched alkanes of at least 4 members (excludes halogenated alkanes) is 3. The summed E-state index contributed by atoms with van der Waals surface area (Å²) in [7, 11) is 0. The lowest BCUT2D eigenvalue weighted by molar-refractivity contribution is -0.298. The molecule has 5 rings (SSSR count). The van der Waals surface area contributed by atoms with Crippen LogP contribution in [-0.4, -0.2) is 73.6 Å². The Bertz CT molecular complexity index is 1820. The third-order valence-electron chi connectivity index (χ3n) is 8.93.